The molecule has 0 aliphatic carbocycles. The van der Waals surface area contributed by atoms with Gasteiger partial charge in [-0.25, -0.2) is 0 Å². The van der Waals surface area contributed by atoms with E-state index >= 15 is 0 Å². The molecule has 0 aliphatic rings. The van der Waals surface area contributed by atoms with Crippen LogP contribution < -0.4 is 9.47 Å². The Morgan fingerprint density at radius 3 is 2.35 bits per heavy atom. The van der Waals surface area contributed by atoms with E-state index in [0.29, 0.717) is 23.6 Å². The summed E-state index contributed by atoms with van der Waals surface area (Å²) in [7, 11) is 1.56. The number of hydrogen-bond donors (Lipinski definition) is 0. The number of alkyl halides is 3. The van der Waals surface area contributed by atoms with Gasteiger partial charge in [-0.2, -0.15) is 13.2 Å². The Morgan fingerprint density at radius 2 is 1.69 bits per heavy atom. The van der Waals surface area contributed by atoms with Gasteiger partial charge in [-0.3, -0.25) is 4.79 Å². The molecular formula is C19H16F3NO3. The summed E-state index contributed by atoms with van der Waals surface area (Å²) < 4.78 is 50.7. The Hall–Kier alpha value is -2.96. The Bertz CT molecular complexity index is 914. The molecule has 0 saturated heterocycles. The monoisotopic (exact) mass is 363 g/mol. The molecule has 0 bridgehead atoms. The summed E-state index contributed by atoms with van der Waals surface area (Å²) in [5.74, 6) is -0.526. The zero-order valence-corrected chi connectivity index (χ0v) is 13.9. The second kappa shape index (κ2) is 7.11. The number of ketones is 1. The maximum absolute atomic E-state index is 12.8. The minimum Gasteiger partial charge on any atom is -0.497 e. The Kier molecular flexibility index (Phi) is 4.88. The maximum atomic E-state index is 12.8. The molecule has 4 nitrogen and oxygen atoms in total. The van der Waals surface area contributed by atoms with Gasteiger partial charge in [0, 0.05) is 17.1 Å². The first-order valence-corrected chi connectivity index (χ1v) is 7.86. The molecule has 3 rings (SSSR count). The van der Waals surface area contributed by atoms with Crippen molar-refractivity contribution in [1.29, 1.82) is 0 Å². The van der Waals surface area contributed by atoms with E-state index in [4.69, 9.17) is 9.47 Å². The molecule has 26 heavy (non-hydrogen) atoms. The van der Waals surface area contributed by atoms with E-state index in [1.807, 2.05) is 0 Å². The number of carbonyl (C=O) groups excluding carboxylic acids is 1. The number of rotatable bonds is 6. The summed E-state index contributed by atoms with van der Waals surface area (Å²) in [5, 5.41) is 0.277. The predicted octanol–water partition coefficient (Wildman–Crippen LogP) is 4.47. The molecule has 0 aliphatic heterocycles. The number of para-hydroxylation sites is 1. The molecule has 1 aromatic heterocycles. The number of ether oxygens (including phenoxy) is 2. The van der Waals surface area contributed by atoms with Crippen LogP contribution in [-0.4, -0.2) is 30.2 Å². The normalized spacial score (nSPS) is 11.5. The summed E-state index contributed by atoms with van der Waals surface area (Å²) >= 11 is 0. The number of aromatic nitrogens is 1. The fourth-order valence-corrected chi connectivity index (χ4v) is 2.70. The van der Waals surface area contributed by atoms with Crippen LogP contribution in [0, 0.1) is 0 Å². The van der Waals surface area contributed by atoms with E-state index in [0.717, 1.165) is 0 Å². The van der Waals surface area contributed by atoms with Crippen LogP contribution in [-0.2, 0) is 6.54 Å². The lowest BCUT2D eigenvalue weighted by atomic mass is 10.1. The smallest absolute Gasteiger partial charge is 0.454 e. The first-order chi connectivity index (χ1) is 12.4. The van der Waals surface area contributed by atoms with Crippen molar-refractivity contribution in [2.75, 3.05) is 13.7 Å². The molecule has 3 aromatic rings. The number of fused-ring (bicyclic) bond motifs is 1. The van der Waals surface area contributed by atoms with Crippen molar-refractivity contribution in [2.45, 2.75) is 12.7 Å². The summed E-state index contributed by atoms with van der Waals surface area (Å²) in [6.07, 6.45) is -3.67. The van der Waals surface area contributed by atoms with Crippen LogP contribution in [0.25, 0.3) is 10.9 Å². The molecule has 0 saturated carbocycles. The lowest BCUT2D eigenvalue weighted by Gasteiger charge is -2.09. The van der Waals surface area contributed by atoms with Crippen molar-refractivity contribution in [3.63, 3.8) is 0 Å². The number of benzene rings is 2. The van der Waals surface area contributed by atoms with Crippen molar-refractivity contribution >= 4 is 16.7 Å². The third kappa shape index (κ3) is 3.66. The lowest BCUT2D eigenvalue weighted by Crippen LogP contribution is -2.22. The van der Waals surface area contributed by atoms with Crippen LogP contribution in [0.3, 0.4) is 0 Å². The van der Waals surface area contributed by atoms with E-state index < -0.39 is 12.0 Å². The van der Waals surface area contributed by atoms with E-state index in [9.17, 15) is 18.0 Å². The minimum absolute atomic E-state index is 0.241. The van der Waals surface area contributed by atoms with Crippen molar-refractivity contribution in [1.82, 2.24) is 4.57 Å². The molecule has 0 unspecified atom stereocenters. The van der Waals surface area contributed by atoms with Gasteiger partial charge in [0.2, 0.25) is 0 Å². The number of hydrogen-bond acceptors (Lipinski definition) is 3. The van der Waals surface area contributed by atoms with Gasteiger partial charge in [-0.05, 0) is 30.3 Å². The molecule has 7 heteroatoms. The van der Waals surface area contributed by atoms with Gasteiger partial charge in [0.25, 0.3) is 5.78 Å². The van der Waals surface area contributed by atoms with Crippen LogP contribution >= 0.6 is 0 Å². The SMILES string of the molecule is COc1ccc(OCCn2cc(C(=O)C(F)(F)F)c3ccccc32)cc1. The van der Waals surface area contributed by atoms with Crippen molar-refractivity contribution in [3.8, 4) is 11.5 Å². The molecule has 2 aromatic carbocycles. The topological polar surface area (TPSA) is 40.5 Å². The largest absolute Gasteiger partial charge is 0.497 e. The van der Waals surface area contributed by atoms with E-state index in [2.05, 4.69) is 0 Å². The number of carbonyl (C=O) groups is 1. The zero-order valence-electron chi connectivity index (χ0n) is 13.9. The van der Waals surface area contributed by atoms with Crippen molar-refractivity contribution < 1.29 is 27.4 Å². The average Bonchev–Trinajstić information content (AvgIpc) is 3.00. The van der Waals surface area contributed by atoms with Crippen LogP contribution in [0.2, 0.25) is 0 Å². The van der Waals surface area contributed by atoms with Crippen LogP contribution in [0.5, 0.6) is 11.5 Å². The number of nitrogens with zero attached hydrogens (tertiary/aromatic N) is 1. The first kappa shape index (κ1) is 17.8. The predicted molar refractivity (Wildman–Crippen MR) is 90.8 cm³/mol. The van der Waals surface area contributed by atoms with Crippen LogP contribution in [0.4, 0.5) is 13.2 Å². The number of halogens is 3. The minimum atomic E-state index is -4.91. The summed E-state index contributed by atoms with van der Waals surface area (Å²) in [4.78, 5) is 11.7. The Labute approximate surface area is 147 Å². The third-order valence-corrected chi connectivity index (χ3v) is 3.95. The van der Waals surface area contributed by atoms with Crippen LogP contribution in [0.1, 0.15) is 10.4 Å². The summed E-state index contributed by atoms with van der Waals surface area (Å²) in [5.41, 5.74) is 0.205. The molecule has 0 spiro atoms. The van der Waals surface area contributed by atoms with Crippen molar-refractivity contribution in [3.05, 3.63) is 60.3 Å². The van der Waals surface area contributed by atoms with Gasteiger partial charge >= 0.3 is 6.18 Å². The van der Waals surface area contributed by atoms with Gasteiger partial charge in [0.15, 0.2) is 0 Å². The summed E-state index contributed by atoms with van der Waals surface area (Å²) in [6, 6.07) is 13.5. The highest BCUT2D eigenvalue weighted by molar-refractivity contribution is 6.10. The fourth-order valence-electron chi connectivity index (χ4n) is 2.70. The van der Waals surface area contributed by atoms with E-state index in [1.165, 1.54) is 12.3 Å². The van der Waals surface area contributed by atoms with Crippen LogP contribution in [0.15, 0.2) is 54.7 Å². The van der Waals surface area contributed by atoms with Gasteiger partial charge in [0.05, 0.1) is 19.2 Å². The quantitative estimate of drug-likeness (QED) is 0.607. The molecule has 0 atom stereocenters. The third-order valence-electron chi connectivity index (χ3n) is 3.95. The van der Waals surface area contributed by atoms with Gasteiger partial charge in [-0.15, -0.1) is 0 Å². The molecule has 0 amide bonds. The molecule has 136 valence electrons. The second-order valence-electron chi connectivity index (χ2n) is 5.60. The average molecular weight is 363 g/mol. The standard InChI is InChI=1S/C19H16F3NO3/c1-25-13-6-8-14(9-7-13)26-11-10-23-12-16(18(24)19(20,21)22)15-4-2-3-5-17(15)23/h2-9,12H,10-11H2,1H3. The maximum Gasteiger partial charge on any atom is 0.454 e. The second-order valence-corrected chi connectivity index (χ2v) is 5.60. The van der Waals surface area contributed by atoms with Crippen molar-refractivity contribution in [2.24, 2.45) is 0 Å². The van der Waals surface area contributed by atoms with Gasteiger partial charge in [-0.1, -0.05) is 18.2 Å². The van der Waals surface area contributed by atoms with E-state index in [1.54, 1.807) is 54.1 Å². The lowest BCUT2D eigenvalue weighted by molar-refractivity contribution is -0.0884. The molecule has 0 fully saturated rings. The number of methoxy groups -OCH3 is 1. The Morgan fingerprint density at radius 1 is 1.04 bits per heavy atom. The summed E-state index contributed by atoms with van der Waals surface area (Å²) in [6.45, 7) is 0.544. The Balaban J connectivity index is 1.78. The highest BCUT2D eigenvalue weighted by Crippen LogP contribution is 2.28. The fraction of sp³-hybridized carbons (Fsp3) is 0.211. The van der Waals surface area contributed by atoms with E-state index in [-0.39, 0.29) is 17.6 Å². The van der Waals surface area contributed by atoms with Gasteiger partial charge < -0.3 is 14.0 Å². The zero-order chi connectivity index (χ0) is 18.7. The molecule has 0 radical (unpaired) electrons. The molecule has 1 heterocycles. The number of Topliss-reactive ketones (excluding diaryl/α,β-unsaturated/α-hetero) is 1. The molecular weight excluding hydrogens is 347 g/mol. The van der Waals surface area contributed by atoms with Gasteiger partial charge in [0.1, 0.15) is 18.1 Å². The molecule has 0 N–H and O–H groups in total. The first-order valence-electron chi connectivity index (χ1n) is 7.86. The highest BCUT2D eigenvalue weighted by atomic mass is 19.4. The highest BCUT2D eigenvalue weighted by Gasteiger charge is 2.40.